The predicted octanol–water partition coefficient (Wildman–Crippen LogP) is 1.83. The molecule has 1 fully saturated rings. The van der Waals surface area contributed by atoms with Crippen molar-refractivity contribution in [2.75, 3.05) is 5.32 Å². The molecule has 25 heavy (non-hydrogen) atoms. The van der Waals surface area contributed by atoms with Gasteiger partial charge in [-0.15, -0.1) is 0 Å². The Labute approximate surface area is 145 Å². The summed E-state index contributed by atoms with van der Waals surface area (Å²) in [5.41, 5.74) is 2.14. The van der Waals surface area contributed by atoms with Crippen LogP contribution in [-0.4, -0.2) is 23.8 Å². The van der Waals surface area contributed by atoms with Gasteiger partial charge in [-0.05, 0) is 30.2 Å². The van der Waals surface area contributed by atoms with Crippen molar-refractivity contribution in [2.45, 2.75) is 25.4 Å². The van der Waals surface area contributed by atoms with Crippen molar-refractivity contribution in [3.63, 3.8) is 0 Å². The summed E-state index contributed by atoms with van der Waals surface area (Å²) in [6.45, 7) is 0.414. The van der Waals surface area contributed by atoms with Gasteiger partial charge in [0.25, 0.3) is 5.91 Å². The topological polar surface area (TPSA) is 87.3 Å². The van der Waals surface area contributed by atoms with Crippen molar-refractivity contribution < 1.29 is 14.4 Å². The number of para-hydroxylation sites is 1. The first-order valence-corrected chi connectivity index (χ1v) is 8.15. The smallest absolute Gasteiger partial charge is 0.255 e. The van der Waals surface area contributed by atoms with Crippen LogP contribution < -0.4 is 16.0 Å². The van der Waals surface area contributed by atoms with Gasteiger partial charge in [-0.25, -0.2) is 0 Å². The second-order valence-electron chi connectivity index (χ2n) is 5.86. The number of anilines is 1. The third-order valence-corrected chi connectivity index (χ3v) is 4.08. The normalized spacial score (nSPS) is 17.0. The van der Waals surface area contributed by atoms with E-state index >= 15 is 0 Å². The van der Waals surface area contributed by atoms with Crippen LogP contribution in [0.4, 0.5) is 5.69 Å². The fraction of sp³-hybridized carbons (Fsp3) is 0.211. The SMILES string of the molecule is O=C1CC[C@@H](NCc2ccccc2NC(=O)c2ccccc2)C(=O)N1. The number of nitrogens with one attached hydrogen (secondary N) is 3. The van der Waals surface area contributed by atoms with Crippen LogP contribution in [-0.2, 0) is 16.1 Å². The summed E-state index contributed by atoms with van der Waals surface area (Å²) >= 11 is 0. The van der Waals surface area contributed by atoms with Crippen LogP contribution in [0.25, 0.3) is 0 Å². The molecule has 3 rings (SSSR count). The van der Waals surface area contributed by atoms with Gasteiger partial charge >= 0.3 is 0 Å². The number of carbonyl (C=O) groups is 3. The number of imide groups is 1. The molecule has 1 heterocycles. The summed E-state index contributed by atoms with van der Waals surface area (Å²) in [4.78, 5) is 35.3. The van der Waals surface area contributed by atoms with Crippen molar-refractivity contribution in [3.8, 4) is 0 Å². The fourth-order valence-corrected chi connectivity index (χ4v) is 2.70. The summed E-state index contributed by atoms with van der Waals surface area (Å²) in [7, 11) is 0. The summed E-state index contributed by atoms with van der Waals surface area (Å²) in [5.74, 6) is -0.727. The quantitative estimate of drug-likeness (QED) is 0.727. The Morgan fingerprint density at radius 3 is 2.52 bits per heavy atom. The standard InChI is InChI=1S/C19H19N3O3/c23-17-11-10-16(19(25)22-17)20-12-14-8-4-5-9-15(14)21-18(24)13-6-2-1-3-7-13/h1-9,16,20H,10-12H2,(H,21,24)(H,22,23,25)/t16-/m1/s1. The van der Waals surface area contributed by atoms with Gasteiger partial charge in [0.05, 0.1) is 6.04 Å². The van der Waals surface area contributed by atoms with Crippen molar-refractivity contribution in [3.05, 3.63) is 65.7 Å². The van der Waals surface area contributed by atoms with Crippen LogP contribution in [0.5, 0.6) is 0 Å². The maximum atomic E-state index is 12.3. The van der Waals surface area contributed by atoms with Crippen molar-refractivity contribution in [2.24, 2.45) is 0 Å². The number of piperidine rings is 1. The van der Waals surface area contributed by atoms with Crippen LogP contribution in [0, 0.1) is 0 Å². The van der Waals surface area contributed by atoms with Crippen molar-refractivity contribution in [1.82, 2.24) is 10.6 Å². The molecule has 0 radical (unpaired) electrons. The second-order valence-corrected chi connectivity index (χ2v) is 5.86. The predicted molar refractivity (Wildman–Crippen MR) is 93.8 cm³/mol. The van der Waals surface area contributed by atoms with E-state index in [1.165, 1.54) is 0 Å². The second kappa shape index (κ2) is 7.72. The Bertz CT molecular complexity index is 790. The largest absolute Gasteiger partial charge is 0.322 e. The van der Waals surface area contributed by atoms with Crippen molar-refractivity contribution in [1.29, 1.82) is 0 Å². The molecule has 1 atom stereocenters. The highest BCUT2D eigenvalue weighted by Gasteiger charge is 2.26. The molecule has 0 aromatic heterocycles. The van der Waals surface area contributed by atoms with E-state index < -0.39 is 6.04 Å². The van der Waals surface area contributed by atoms with E-state index in [4.69, 9.17) is 0 Å². The number of hydrogen-bond donors (Lipinski definition) is 3. The zero-order valence-electron chi connectivity index (χ0n) is 13.6. The molecule has 6 nitrogen and oxygen atoms in total. The van der Waals surface area contributed by atoms with E-state index in [2.05, 4.69) is 16.0 Å². The summed E-state index contributed by atoms with van der Waals surface area (Å²) in [5, 5.41) is 8.37. The molecule has 1 aliphatic heterocycles. The summed E-state index contributed by atoms with van der Waals surface area (Å²) in [6, 6.07) is 16.0. The number of amides is 3. The lowest BCUT2D eigenvalue weighted by Gasteiger charge is -2.22. The number of carbonyl (C=O) groups excluding carboxylic acids is 3. The molecule has 1 saturated heterocycles. The summed E-state index contributed by atoms with van der Waals surface area (Å²) in [6.07, 6.45) is 0.805. The van der Waals surface area contributed by atoms with Gasteiger partial charge in [-0.1, -0.05) is 36.4 Å². The fourth-order valence-electron chi connectivity index (χ4n) is 2.70. The molecule has 0 bridgehead atoms. The van der Waals surface area contributed by atoms with Crippen LogP contribution in [0.3, 0.4) is 0 Å². The Morgan fingerprint density at radius 1 is 1.04 bits per heavy atom. The third kappa shape index (κ3) is 4.30. The molecular formula is C19H19N3O3. The Balaban J connectivity index is 1.66. The van der Waals surface area contributed by atoms with Gasteiger partial charge in [-0.3, -0.25) is 19.7 Å². The number of benzene rings is 2. The van der Waals surface area contributed by atoms with E-state index in [0.29, 0.717) is 30.6 Å². The molecular weight excluding hydrogens is 318 g/mol. The molecule has 3 N–H and O–H groups in total. The average molecular weight is 337 g/mol. The number of rotatable bonds is 5. The number of hydrogen-bond acceptors (Lipinski definition) is 4. The lowest BCUT2D eigenvalue weighted by atomic mass is 10.1. The van der Waals surface area contributed by atoms with Gasteiger partial charge < -0.3 is 10.6 Å². The monoisotopic (exact) mass is 337 g/mol. The van der Waals surface area contributed by atoms with Crippen LogP contribution in [0.1, 0.15) is 28.8 Å². The average Bonchev–Trinajstić information content (AvgIpc) is 2.63. The van der Waals surface area contributed by atoms with E-state index in [0.717, 1.165) is 5.56 Å². The molecule has 128 valence electrons. The van der Waals surface area contributed by atoms with E-state index in [9.17, 15) is 14.4 Å². The molecule has 2 aromatic carbocycles. The first-order chi connectivity index (χ1) is 12.1. The van der Waals surface area contributed by atoms with Crippen LogP contribution >= 0.6 is 0 Å². The Kier molecular flexibility index (Phi) is 5.20. The molecule has 0 unspecified atom stereocenters. The van der Waals surface area contributed by atoms with Gasteiger partial charge in [0, 0.05) is 24.2 Å². The Morgan fingerprint density at radius 2 is 1.76 bits per heavy atom. The van der Waals surface area contributed by atoms with Gasteiger partial charge in [0.15, 0.2) is 0 Å². The highest BCUT2D eigenvalue weighted by atomic mass is 16.2. The van der Waals surface area contributed by atoms with E-state index in [1.807, 2.05) is 42.5 Å². The van der Waals surface area contributed by atoms with Gasteiger partial charge in [0.1, 0.15) is 0 Å². The summed E-state index contributed by atoms with van der Waals surface area (Å²) < 4.78 is 0. The third-order valence-electron chi connectivity index (χ3n) is 4.08. The van der Waals surface area contributed by atoms with Gasteiger partial charge in [-0.2, -0.15) is 0 Å². The molecule has 2 aromatic rings. The molecule has 6 heteroatoms. The zero-order valence-corrected chi connectivity index (χ0v) is 13.6. The molecule has 0 spiro atoms. The molecule has 0 aliphatic carbocycles. The first kappa shape index (κ1) is 16.9. The lowest BCUT2D eigenvalue weighted by molar-refractivity contribution is -0.134. The minimum Gasteiger partial charge on any atom is -0.322 e. The minimum absolute atomic E-state index is 0.186. The van der Waals surface area contributed by atoms with Crippen molar-refractivity contribution >= 4 is 23.4 Å². The highest BCUT2D eigenvalue weighted by molar-refractivity contribution is 6.04. The van der Waals surface area contributed by atoms with Gasteiger partial charge in [0.2, 0.25) is 11.8 Å². The van der Waals surface area contributed by atoms with Crippen LogP contribution in [0.15, 0.2) is 54.6 Å². The maximum Gasteiger partial charge on any atom is 0.255 e. The molecule has 3 amide bonds. The zero-order chi connectivity index (χ0) is 17.6. The molecule has 0 saturated carbocycles. The molecule has 1 aliphatic rings. The van der Waals surface area contributed by atoms with E-state index in [1.54, 1.807) is 12.1 Å². The van der Waals surface area contributed by atoms with E-state index in [-0.39, 0.29) is 17.7 Å². The minimum atomic E-state index is -0.407. The maximum absolute atomic E-state index is 12.3. The highest BCUT2D eigenvalue weighted by Crippen LogP contribution is 2.17. The van der Waals surface area contributed by atoms with Crippen LogP contribution in [0.2, 0.25) is 0 Å². The Hall–Kier alpha value is -2.99. The lowest BCUT2D eigenvalue weighted by Crippen LogP contribution is -2.50. The first-order valence-electron chi connectivity index (χ1n) is 8.15.